The van der Waals surface area contributed by atoms with Gasteiger partial charge in [-0.05, 0) is 31.9 Å². The van der Waals surface area contributed by atoms with E-state index >= 15 is 0 Å². The Hall–Kier alpha value is -0.720. The second-order valence-corrected chi connectivity index (χ2v) is 2.10. The van der Waals surface area contributed by atoms with Gasteiger partial charge in [-0.15, -0.1) is 0 Å². The zero-order chi connectivity index (χ0) is 6.15. The first kappa shape index (κ1) is 5.42. The lowest BCUT2D eigenvalue weighted by atomic mass is 10.2. The zero-order valence-corrected chi connectivity index (χ0v) is 5.49. The van der Waals surface area contributed by atoms with Crippen LogP contribution in [0.5, 0.6) is 0 Å². The average Bonchev–Trinajstić information content (AvgIpc) is 1.98. The first-order chi connectivity index (χ1) is 3.72. The molecule has 0 amide bonds. The molecule has 1 aromatic heterocycles. The van der Waals surface area contributed by atoms with E-state index < -0.39 is 0 Å². The van der Waals surface area contributed by atoms with Crippen LogP contribution in [0.25, 0.3) is 0 Å². The molecule has 0 N–H and O–H groups in total. The van der Waals surface area contributed by atoms with Crippen molar-refractivity contribution >= 4 is 0 Å². The Morgan fingerprint density at radius 2 is 1.88 bits per heavy atom. The van der Waals surface area contributed by atoms with Crippen molar-refractivity contribution in [1.82, 2.24) is 0 Å². The molecule has 1 heterocycles. The van der Waals surface area contributed by atoms with Crippen LogP contribution in [0.2, 0.25) is 0 Å². The summed E-state index contributed by atoms with van der Waals surface area (Å²) in [5, 5.41) is 0. The van der Waals surface area contributed by atoms with E-state index in [2.05, 4.69) is 6.92 Å². The maximum atomic E-state index is 5.09. The summed E-state index contributed by atoms with van der Waals surface area (Å²) in [6.07, 6.45) is 1.78. The van der Waals surface area contributed by atoms with Crippen LogP contribution < -0.4 is 0 Å². The summed E-state index contributed by atoms with van der Waals surface area (Å²) in [6.45, 7) is 6.09. The van der Waals surface area contributed by atoms with Crippen LogP contribution in [-0.4, -0.2) is 0 Å². The molecule has 0 fully saturated rings. The van der Waals surface area contributed by atoms with Crippen LogP contribution in [0, 0.1) is 20.8 Å². The summed E-state index contributed by atoms with van der Waals surface area (Å²) in [4.78, 5) is 0. The van der Waals surface area contributed by atoms with Gasteiger partial charge in [-0.25, -0.2) is 0 Å². The predicted octanol–water partition coefficient (Wildman–Crippen LogP) is 2.20. The van der Waals surface area contributed by atoms with Crippen molar-refractivity contribution in [2.75, 3.05) is 0 Å². The number of aryl methyl sites for hydroxylation is 2. The highest BCUT2D eigenvalue weighted by Crippen LogP contribution is 2.12. The van der Waals surface area contributed by atoms with Gasteiger partial charge in [0.05, 0.1) is 6.26 Å². The molecule has 0 spiro atoms. The van der Waals surface area contributed by atoms with Gasteiger partial charge in [-0.3, -0.25) is 0 Å². The SMILES string of the molecule is Cc1coc(C)c1C. The minimum Gasteiger partial charge on any atom is -0.469 e. The van der Waals surface area contributed by atoms with Crippen LogP contribution in [0.3, 0.4) is 0 Å². The van der Waals surface area contributed by atoms with E-state index in [1.807, 2.05) is 13.8 Å². The second-order valence-electron chi connectivity index (χ2n) is 2.10. The van der Waals surface area contributed by atoms with Crippen molar-refractivity contribution in [1.29, 1.82) is 0 Å². The Labute approximate surface area is 49.3 Å². The standard InChI is InChI=1S/C7H10O/c1-5-4-8-7(3)6(5)2/h4H,1-3H3. The van der Waals surface area contributed by atoms with Crippen molar-refractivity contribution < 1.29 is 4.42 Å². The van der Waals surface area contributed by atoms with Gasteiger partial charge in [0.25, 0.3) is 0 Å². The lowest BCUT2D eigenvalue weighted by Crippen LogP contribution is -1.71. The molecule has 1 aromatic rings. The molecule has 0 aliphatic rings. The van der Waals surface area contributed by atoms with Crippen molar-refractivity contribution in [3.63, 3.8) is 0 Å². The van der Waals surface area contributed by atoms with Gasteiger partial charge in [0.1, 0.15) is 5.76 Å². The fourth-order valence-electron chi connectivity index (χ4n) is 0.631. The van der Waals surface area contributed by atoms with Crippen LogP contribution in [0.15, 0.2) is 10.7 Å². The molecule has 0 atom stereocenters. The van der Waals surface area contributed by atoms with Crippen molar-refractivity contribution in [2.45, 2.75) is 20.8 Å². The van der Waals surface area contributed by atoms with E-state index in [4.69, 9.17) is 4.42 Å². The normalized spacial score (nSPS) is 9.88. The Balaban J connectivity index is 3.19. The van der Waals surface area contributed by atoms with Crippen LogP contribution in [-0.2, 0) is 0 Å². The molecular formula is C7H10O. The molecule has 1 heteroatoms. The molecule has 0 aromatic carbocycles. The highest BCUT2D eigenvalue weighted by Gasteiger charge is 1.97. The van der Waals surface area contributed by atoms with Crippen LogP contribution in [0.4, 0.5) is 0 Å². The quantitative estimate of drug-likeness (QED) is 0.499. The molecule has 0 saturated carbocycles. The number of furan rings is 1. The first-order valence-electron chi connectivity index (χ1n) is 2.73. The summed E-state index contributed by atoms with van der Waals surface area (Å²) in [7, 11) is 0. The summed E-state index contributed by atoms with van der Waals surface area (Å²) >= 11 is 0. The molecule has 0 radical (unpaired) electrons. The summed E-state index contributed by atoms with van der Waals surface area (Å²) in [5.41, 5.74) is 2.51. The molecule has 0 bridgehead atoms. The van der Waals surface area contributed by atoms with Gasteiger partial charge in [0.2, 0.25) is 0 Å². The Morgan fingerprint density at radius 3 is 2.00 bits per heavy atom. The van der Waals surface area contributed by atoms with Crippen LogP contribution in [0.1, 0.15) is 16.9 Å². The molecule has 0 aliphatic heterocycles. The van der Waals surface area contributed by atoms with Crippen molar-refractivity contribution in [2.24, 2.45) is 0 Å². The average molecular weight is 110 g/mol. The fraction of sp³-hybridized carbons (Fsp3) is 0.429. The monoisotopic (exact) mass is 110 g/mol. The van der Waals surface area contributed by atoms with E-state index in [-0.39, 0.29) is 0 Å². The van der Waals surface area contributed by atoms with Gasteiger partial charge < -0.3 is 4.42 Å². The highest BCUT2D eigenvalue weighted by molar-refractivity contribution is 5.23. The number of hydrogen-bond acceptors (Lipinski definition) is 1. The smallest absolute Gasteiger partial charge is 0.103 e. The molecule has 0 unspecified atom stereocenters. The predicted molar refractivity (Wildman–Crippen MR) is 32.9 cm³/mol. The Kier molecular flexibility index (Phi) is 1.12. The summed E-state index contributed by atoms with van der Waals surface area (Å²) < 4.78 is 5.09. The summed E-state index contributed by atoms with van der Waals surface area (Å²) in [5.74, 6) is 1.03. The minimum absolute atomic E-state index is 1.03. The van der Waals surface area contributed by atoms with Gasteiger partial charge in [0.15, 0.2) is 0 Å². The van der Waals surface area contributed by atoms with Gasteiger partial charge in [-0.1, -0.05) is 0 Å². The Bertz CT molecular complexity index is 167. The lowest BCUT2D eigenvalue weighted by Gasteiger charge is -1.83. The molecule has 0 saturated heterocycles. The third-order valence-electron chi connectivity index (χ3n) is 1.53. The van der Waals surface area contributed by atoms with Gasteiger partial charge >= 0.3 is 0 Å². The highest BCUT2D eigenvalue weighted by atomic mass is 16.3. The third kappa shape index (κ3) is 0.641. The van der Waals surface area contributed by atoms with Crippen LogP contribution >= 0.6 is 0 Å². The molecule has 44 valence electrons. The van der Waals surface area contributed by atoms with Crippen molar-refractivity contribution in [3.05, 3.63) is 23.2 Å². The zero-order valence-electron chi connectivity index (χ0n) is 5.49. The van der Waals surface area contributed by atoms with E-state index in [1.165, 1.54) is 11.1 Å². The second kappa shape index (κ2) is 1.66. The molecule has 1 nitrogen and oxygen atoms in total. The topological polar surface area (TPSA) is 13.1 Å². The number of hydrogen-bond donors (Lipinski definition) is 0. The van der Waals surface area contributed by atoms with Gasteiger partial charge in [-0.2, -0.15) is 0 Å². The molecular weight excluding hydrogens is 100 g/mol. The van der Waals surface area contributed by atoms with E-state index in [9.17, 15) is 0 Å². The lowest BCUT2D eigenvalue weighted by molar-refractivity contribution is 0.530. The first-order valence-corrected chi connectivity index (χ1v) is 2.73. The number of rotatable bonds is 0. The van der Waals surface area contributed by atoms with E-state index in [0.717, 1.165) is 5.76 Å². The van der Waals surface area contributed by atoms with Crippen molar-refractivity contribution in [3.8, 4) is 0 Å². The maximum Gasteiger partial charge on any atom is 0.103 e. The van der Waals surface area contributed by atoms with Gasteiger partial charge in [0, 0.05) is 0 Å². The largest absolute Gasteiger partial charge is 0.469 e. The fourth-order valence-corrected chi connectivity index (χ4v) is 0.631. The molecule has 0 aliphatic carbocycles. The minimum atomic E-state index is 1.03. The third-order valence-corrected chi connectivity index (χ3v) is 1.53. The summed E-state index contributed by atoms with van der Waals surface area (Å²) in [6, 6.07) is 0. The Morgan fingerprint density at radius 1 is 1.25 bits per heavy atom. The molecule has 1 rings (SSSR count). The van der Waals surface area contributed by atoms with E-state index in [0.29, 0.717) is 0 Å². The maximum absolute atomic E-state index is 5.09. The molecule has 8 heavy (non-hydrogen) atoms. The van der Waals surface area contributed by atoms with E-state index in [1.54, 1.807) is 6.26 Å².